The summed E-state index contributed by atoms with van der Waals surface area (Å²) in [6.45, 7) is 2.26. The third kappa shape index (κ3) is 1.92. The molecule has 0 aromatic rings. The van der Waals surface area contributed by atoms with Gasteiger partial charge in [-0.2, -0.15) is 0 Å². The fourth-order valence-electron chi connectivity index (χ4n) is 0.984. The topological polar surface area (TPSA) is 63.4 Å². The second kappa shape index (κ2) is 3.49. The molecule has 4 heteroatoms. The van der Waals surface area contributed by atoms with Gasteiger partial charge in [-0.25, -0.2) is 0 Å². The summed E-state index contributed by atoms with van der Waals surface area (Å²) in [6.07, 6.45) is 3.21. The molecule has 12 heavy (non-hydrogen) atoms. The van der Waals surface area contributed by atoms with Gasteiger partial charge >= 0.3 is 0 Å². The van der Waals surface area contributed by atoms with E-state index in [4.69, 9.17) is 5.73 Å². The third-order valence-corrected chi connectivity index (χ3v) is 1.71. The van der Waals surface area contributed by atoms with E-state index in [-0.39, 0.29) is 17.9 Å². The van der Waals surface area contributed by atoms with Gasteiger partial charge in [0.1, 0.15) is 0 Å². The van der Waals surface area contributed by atoms with Crippen LogP contribution in [0.3, 0.4) is 0 Å². The lowest BCUT2D eigenvalue weighted by atomic mass is 10.2. The largest absolute Gasteiger partial charge is 0.328 e. The first-order valence-electron chi connectivity index (χ1n) is 3.90. The van der Waals surface area contributed by atoms with Crippen LogP contribution in [-0.4, -0.2) is 29.3 Å². The van der Waals surface area contributed by atoms with E-state index in [9.17, 15) is 9.59 Å². The monoisotopic (exact) mass is 168 g/mol. The molecule has 2 N–H and O–H groups in total. The summed E-state index contributed by atoms with van der Waals surface area (Å²) in [5.74, 6) is -0.471. The minimum atomic E-state index is -0.236. The van der Waals surface area contributed by atoms with Gasteiger partial charge in [0.25, 0.3) is 11.8 Å². The first-order valence-corrected chi connectivity index (χ1v) is 3.90. The molecule has 0 saturated carbocycles. The SMILES string of the molecule is CC(N)CCN1C(=O)C=CC1=O. The third-order valence-electron chi connectivity index (χ3n) is 1.71. The van der Waals surface area contributed by atoms with Crippen molar-refractivity contribution in [2.75, 3.05) is 6.54 Å². The molecule has 0 bridgehead atoms. The van der Waals surface area contributed by atoms with Gasteiger partial charge < -0.3 is 5.73 Å². The van der Waals surface area contributed by atoms with Gasteiger partial charge in [0.15, 0.2) is 0 Å². The maximum Gasteiger partial charge on any atom is 0.253 e. The van der Waals surface area contributed by atoms with E-state index in [2.05, 4.69) is 0 Å². The van der Waals surface area contributed by atoms with E-state index in [0.717, 1.165) is 0 Å². The fraction of sp³-hybridized carbons (Fsp3) is 0.500. The summed E-state index contributed by atoms with van der Waals surface area (Å²) >= 11 is 0. The van der Waals surface area contributed by atoms with Crippen LogP contribution in [0.1, 0.15) is 13.3 Å². The van der Waals surface area contributed by atoms with E-state index in [1.54, 1.807) is 0 Å². The Kier molecular flexibility index (Phi) is 2.60. The van der Waals surface area contributed by atoms with E-state index >= 15 is 0 Å². The van der Waals surface area contributed by atoms with E-state index < -0.39 is 0 Å². The smallest absolute Gasteiger partial charge is 0.253 e. The van der Waals surface area contributed by atoms with Crippen LogP contribution < -0.4 is 5.73 Å². The molecule has 66 valence electrons. The molecule has 0 fully saturated rings. The average molecular weight is 168 g/mol. The van der Waals surface area contributed by atoms with Crippen molar-refractivity contribution in [1.82, 2.24) is 4.90 Å². The van der Waals surface area contributed by atoms with Crippen molar-refractivity contribution in [1.29, 1.82) is 0 Å². The predicted molar refractivity (Wildman–Crippen MR) is 44.1 cm³/mol. The number of nitrogens with two attached hydrogens (primary N) is 1. The summed E-state index contributed by atoms with van der Waals surface area (Å²) in [7, 11) is 0. The van der Waals surface area contributed by atoms with Crippen molar-refractivity contribution >= 4 is 11.8 Å². The highest BCUT2D eigenvalue weighted by molar-refractivity contribution is 6.12. The molecule has 0 aliphatic carbocycles. The fourth-order valence-corrected chi connectivity index (χ4v) is 0.984. The molecule has 1 aliphatic heterocycles. The number of hydrogen-bond acceptors (Lipinski definition) is 3. The Hall–Kier alpha value is -1.16. The average Bonchev–Trinajstić information content (AvgIpc) is 2.28. The number of carbonyl (C=O) groups excluding carboxylic acids is 2. The quantitative estimate of drug-likeness (QED) is 0.586. The molecule has 0 aromatic carbocycles. The Labute approximate surface area is 71.0 Å². The molecule has 0 saturated heterocycles. The molecule has 0 spiro atoms. The maximum atomic E-state index is 11.0. The second-order valence-electron chi connectivity index (χ2n) is 2.93. The molecular formula is C8H12N2O2. The predicted octanol–water partition coefficient (Wildman–Crippen LogP) is -0.351. The Bertz CT molecular complexity index is 215. The van der Waals surface area contributed by atoms with Gasteiger partial charge in [0.2, 0.25) is 0 Å². The van der Waals surface area contributed by atoms with Crippen LogP contribution in [0.5, 0.6) is 0 Å². The van der Waals surface area contributed by atoms with Crippen molar-refractivity contribution in [3.05, 3.63) is 12.2 Å². The molecule has 4 nitrogen and oxygen atoms in total. The second-order valence-corrected chi connectivity index (χ2v) is 2.93. The number of amides is 2. The number of imide groups is 1. The molecule has 1 heterocycles. The van der Waals surface area contributed by atoms with Crippen molar-refractivity contribution in [3.8, 4) is 0 Å². The summed E-state index contributed by atoms with van der Waals surface area (Å²) in [5, 5.41) is 0. The van der Waals surface area contributed by atoms with Crippen molar-refractivity contribution in [3.63, 3.8) is 0 Å². The lowest BCUT2D eigenvalue weighted by Gasteiger charge is -2.14. The van der Waals surface area contributed by atoms with Crippen LogP contribution in [0.25, 0.3) is 0 Å². The Balaban J connectivity index is 2.43. The van der Waals surface area contributed by atoms with E-state index in [1.165, 1.54) is 17.1 Å². The zero-order valence-corrected chi connectivity index (χ0v) is 6.99. The lowest BCUT2D eigenvalue weighted by molar-refractivity contribution is -0.136. The molecular weight excluding hydrogens is 156 g/mol. The molecule has 2 amide bonds. The molecule has 1 atom stereocenters. The number of carbonyl (C=O) groups is 2. The summed E-state index contributed by atoms with van der Waals surface area (Å²) in [4.78, 5) is 23.1. The molecule has 1 rings (SSSR count). The van der Waals surface area contributed by atoms with E-state index in [0.29, 0.717) is 13.0 Å². The number of rotatable bonds is 3. The zero-order chi connectivity index (χ0) is 9.14. The van der Waals surface area contributed by atoms with E-state index in [1.807, 2.05) is 6.92 Å². The van der Waals surface area contributed by atoms with Gasteiger partial charge in [-0.05, 0) is 13.3 Å². The maximum absolute atomic E-state index is 11.0. The van der Waals surface area contributed by atoms with Gasteiger partial charge in [0, 0.05) is 24.7 Å². The van der Waals surface area contributed by atoms with Crippen molar-refractivity contribution in [2.24, 2.45) is 5.73 Å². The van der Waals surface area contributed by atoms with Crippen LogP contribution in [0.2, 0.25) is 0 Å². The van der Waals surface area contributed by atoms with Crippen LogP contribution in [-0.2, 0) is 9.59 Å². The van der Waals surface area contributed by atoms with Gasteiger partial charge in [-0.3, -0.25) is 14.5 Å². The highest BCUT2D eigenvalue weighted by Crippen LogP contribution is 2.04. The number of nitrogens with zero attached hydrogens (tertiary/aromatic N) is 1. The normalized spacial score (nSPS) is 19.0. The van der Waals surface area contributed by atoms with Crippen LogP contribution in [0.15, 0.2) is 12.2 Å². The molecule has 0 radical (unpaired) electrons. The van der Waals surface area contributed by atoms with Crippen LogP contribution >= 0.6 is 0 Å². The van der Waals surface area contributed by atoms with Crippen molar-refractivity contribution < 1.29 is 9.59 Å². The summed E-state index contributed by atoms with van der Waals surface area (Å²) < 4.78 is 0. The minimum Gasteiger partial charge on any atom is -0.328 e. The molecule has 1 unspecified atom stereocenters. The highest BCUT2D eigenvalue weighted by atomic mass is 16.2. The number of hydrogen-bond donors (Lipinski definition) is 1. The molecule has 1 aliphatic rings. The standard InChI is InChI=1S/C8H12N2O2/c1-6(9)4-5-10-7(11)2-3-8(10)12/h2-3,6H,4-5,9H2,1H3. The Morgan fingerprint density at radius 1 is 1.42 bits per heavy atom. The van der Waals surface area contributed by atoms with Crippen molar-refractivity contribution in [2.45, 2.75) is 19.4 Å². The first-order chi connectivity index (χ1) is 5.61. The van der Waals surface area contributed by atoms with Gasteiger partial charge in [-0.1, -0.05) is 0 Å². The Morgan fingerprint density at radius 3 is 2.33 bits per heavy atom. The lowest BCUT2D eigenvalue weighted by Crippen LogP contribution is -2.33. The van der Waals surface area contributed by atoms with Crippen LogP contribution in [0, 0.1) is 0 Å². The summed E-state index contributed by atoms with van der Waals surface area (Å²) in [6, 6.07) is 0.0196. The molecule has 0 aromatic heterocycles. The van der Waals surface area contributed by atoms with Gasteiger partial charge in [0.05, 0.1) is 0 Å². The summed E-state index contributed by atoms with van der Waals surface area (Å²) in [5.41, 5.74) is 5.49. The zero-order valence-electron chi connectivity index (χ0n) is 6.99. The van der Waals surface area contributed by atoms with Crippen LogP contribution in [0.4, 0.5) is 0 Å². The minimum absolute atomic E-state index is 0.0196. The Morgan fingerprint density at radius 2 is 1.92 bits per heavy atom. The first kappa shape index (κ1) is 8.93. The van der Waals surface area contributed by atoms with Gasteiger partial charge in [-0.15, -0.1) is 0 Å². The highest BCUT2D eigenvalue weighted by Gasteiger charge is 2.22.